The molecule has 8 nitrogen and oxygen atoms in total. The van der Waals surface area contributed by atoms with Gasteiger partial charge in [-0.3, -0.25) is 14.4 Å². The van der Waals surface area contributed by atoms with Crippen LogP contribution in [-0.2, 0) is 20.8 Å². The molecule has 31 heavy (non-hydrogen) atoms. The summed E-state index contributed by atoms with van der Waals surface area (Å²) >= 11 is 0. The topological polar surface area (TPSA) is 97.0 Å². The molecule has 0 saturated carbocycles. The molecule has 0 bridgehead atoms. The van der Waals surface area contributed by atoms with Crippen LogP contribution in [0.4, 0.5) is 5.69 Å². The molecule has 1 atom stereocenters. The fourth-order valence-electron chi connectivity index (χ4n) is 3.49. The van der Waals surface area contributed by atoms with Crippen LogP contribution in [0.25, 0.3) is 0 Å². The molecule has 0 spiro atoms. The second-order valence-electron chi connectivity index (χ2n) is 7.25. The van der Waals surface area contributed by atoms with E-state index in [1.165, 1.54) is 14.2 Å². The zero-order chi connectivity index (χ0) is 22.2. The maximum Gasteiger partial charge on any atom is 0.239 e. The lowest BCUT2D eigenvalue weighted by Crippen LogP contribution is -2.40. The highest BCUT2D eigenvalue weighted by atomic mass is 16.5. The van der Waals surface area contributed by atoms with Gasteiger partial charge in [-0.15, -0.1) is 0 Å². The largest absolute Gasteiger partial charge is 0.493 e. The highest BCUT2D eigenvalue weighted by molar-refractivity contribution is 6.01. The molecular weight excluding hydrogens is 398 g/mol. The SMILES string of the molecule is COc1ccc(N2CC(C(=O)NCC(=O)NCCc3ccccc3)CC2=O)cc1OC. The van der Waals surface area contributed by atoms with E-state index in [1.54, 1.807) is 23.1 Å². The van der Waals surface area contributed by atoms with Crippen molar-refractivity contribution in [2.45, 2.75) is 12.8 Å². The van der Waals surface area contributed by atoms with Gasteiger partial charge in [0, 0.05) is 31.3 Å². The molecule has 0 radical (unpaired) electrons. The Balaban J connectivity index is 1.47. The molecule has 2 N–H and O–H groups in total. The zero-order valence-corrected chi connectivity index (χ0v) is 17.7. The van der Waals surface area contributed by atoms with Gasteiger partial charge in [0.2, 0.25) is 17.7 Å². The van der Waals surface area contributed by atoms with E-state index in [4.69, 9.17) is 9.47 Å². The van der Waals surface area contributed by atoms with Crippen LogP contribution in [0.1, 0.15) is 12.0 Å². The summed E-state index contributed by atoms with van der Waals surface area (Å²) in [5, 5.41) is 5.42. The molecule has 164 valence electrons. The first-order valence-electron chi connectivity index (χ1n) is 10.1. The van der Waals surface area contributed by atoms with E-state index in [-0.39, 0.29) is 37.2 Å². The van der Waals surface area contributed by atoms with Gasteiger partial charge < -0.3 is 25.0 Å². The summed E-state index contributed by atoms with van der Waals surface area (Å²) < 4.78 is 10.5. The molecule has 1 heterocycles. The van der Waals surface area contributed by atoms with E-state index >= 15 is 0 Å². The van der Waals surface area contributed by atoms with Crippen molar-refractivity contribution in [1.29, 1.82) is 0 Å². The molecule has 1 saturated heterocycles. The lowest BCUT2D eigenvalue weighted by Gasteiger charge is -2.18. The lowest BCUT2D eigenvalue weighted by atomic mass is 10.1. The average molecular weight is 425 g/mol. The van der Waals surface area contributed by atoms with Crippen LogP contribution in [-0.4, -0.2) is 51.6 Å². The summed E-state index contributed by atoms with van der Waals surface area (Å²) in [7, 11) is 3.06. The Morgan fingerprint density at radius 3 is 2.48 bits per heavy atom. The van der Waals surface area contributed by atoms with E-state index in [0.29, 0.717) is 23.7 Å². The van der Waals surface area contributed by atoms with Crippen molar-refractivity contribution in [2.24, 2.45) is 5.92 Å². The van der Waals surface area contributed by atoms with Crippen LogP contribution in [0.2, 0.25) is 0 Å². The predicted octanol–water partition coefficient (Wildman–Crippen LogP) is 1.53. The average Bonchev–Trinajstić information content (AvgIpc) is 3.19. The number of rotatable bonds is 9. The zero-order valence-electron chi connectivity index (χ0n) is 17.7. The van der Waals surface area contributed by atoms with Gasteiger partial charge in [0.25, 0.3) is 0 Å². The molecular formula is C23H27N3O5. The smallest absolute Gasteiger partial charge is 0.239 e. The second kappa shape index (κ2) is 10.5. The van der Waals surface area contributed by atoms with Crippen LogP contribution < -0.4 is 25.0 Å². The Kier molecular flexibility index (Phi) is 7.48. The van der Waals surface area contributed by atoms with Gasteiger partial charge in [0.1, 0.15) is 0 Å². The van der Waals surface area contributed by atoms with E-state index in [1.807, 2.05) is 30.3 Å². The van der Waals surface area contributed by atoms with Gasteiger partial charge in [-0.2, -0.15) is 0 Å². The standard InChI is InChI=1S/C23H27N3O5/c1-30-19-9-8-18(13-20(19)31-2)26-15-17(12-22(26)28)23(29)25-14-21(27)24-11-10-16-6-4-3-5-7-16/h3-9,13,17H,10-12,14-15H2,1-2H3,(H,24,27)(H,25,29). The maximum atomic E-state index is 12.5. The summed E-state index contributed by atoms with van der Waals surface area (Å²) in [6, 6.07) is 15.0. The minimum Gasteiger partial charge on any atom is -0.493 e. The van der Waals surface area contributed by atoms with E-state index in [0.717, 1.165) is 12.0 Å². The lowest BCUT2D eigenvalue weighted by molar-refractivity contribution is -0.128. The normalized spacial score (nSPS) is 15.5. The predicted molar refractivity (Wildman–Crippen MR) is 116 cm³/mol. The molecule has 1 aliphatic heterocycles. The van der Waals surface area contributed by atoms with E-state index in [9.17, 15) is 14.4 Å². The number of ether oxygens (including phenoxy) is 2. The number of amides is 3. The molecule has 3 amide bonds. The van der Waals surface area contributed by atoms with Crippen molar-refractivity contribution in [3.05, 3.63) is 54.1 Å². The summed E-state index contributed by atoms with van der Waals surface area (Å²) in [6.45, 7) is 0.623. The summed E-state index contributed by atoms with van der Waals surface area (Å²) in [6.07, 6.45) is 0.813. The number of nitrogens with one attached hydrogen (secondary N) is 2. The number of nitrogens with zero attached hydrogens (tertiary/aromatic N) is 1. The van der Waals surface area contributed by atoms with Gasteiger partial charge >= 0.3 is 0 Å². The number of anilines is 1. The molecule has 2 aromatic carbocycles. The second-order valence-corrected chi connectivity index (χ2v) is 7.25. The van der Waals surface area contributed by atoms with Crippen LogP contribution in [0.5, 0.6) is 11.5 Å². The quantitative estimate of drug-likeness (QED) is 0.635. The number of hydrogen-bond donors (Lipinski definition) is 2. The Hall–Kier alpha value is -3.55. The van der Waals surface area contributed by atoms with Gasteiger partial charge in [0.15, 0.2) is 11.5 Å². The third-order valence-electron chi connectivity index (χ3n) is 5.18. The Morgan fingerprint density at radius 1 is 1.03 bits per heavy atom. The summed E-state index contributed by atoms with van der Waals surface area (Å²) in [5.74, 6) is -0.171. The molecule has 8 heteroatoms. The number of carbonyl (C=O) groups is 3. The molecule has 0 aromatic heterocycles. The minimum absolute atomic E-state index is 0.0931. The highest BCUT2D eigenvalue weighted by Crippen LogP contribution is 2.34. The van der Waals surface area contributed by atoms with Crippen molar-refractivity contribution in [2.75, 3.05) is 38.8 Å². The number of benzene rings is 2. The number of hydrogen-bond acceptors (Lipinski definition) is 5. The summed E-state index contributed by atoms with van der Waals surface area (Å²) in [5.41, 5.74) is 1.77. The van der Waals surface area contributed by atoms with Gasteiger partial charge in [-0.1, -0.05) is 30.3 Å². The highest BCUT2D eigenvalue weighted by Gasteiger charge is 2.35. The summed E-state index contributed by atoms with van der Waals surface area (Å²) in [4.78, 5) is 38.5. The molecule has 3 rings (SSSR count). The van der Waals surface area contributed by atoms with Crippen molar-refractivity contribution in [3.63, 3.8) is 0 Å². The molecule has 1 fully saturated rings. The monoisotopic (exact) mass is 425 g/mol. The minimum atomic E-state index is -0.516. The van der Waals surface area contributed by atoms with E-state index in [2.05, 4.69) is 10.6 Å². The van der Waals surface area contributed by atoms with Gasteiger partial charge in [0.05, 0.1) is 26.7 Å². The Labute approximate surface area is 181 Å². The van der Waals surface area contributed by atoms with Gasteiger partial charge in [-0.05, 0) is 24.1 Å². The first-order valence-corrected chi connectivity index (χ1v) is 10.1. The van der Waals surface area contributed by atoms with E-state index < -0.39 is 5.92 Å². The molecule has 2 aromatic rings. The van der Waals surface area contributed by atoms with Crippen molar-refractivity contribution in [3.8, 4) is 11.5 Å². The molecule has 1 unspecified atom stereocenters. The third kappa shape index (κ3) is 5.75. The Morgan fingerprint density at radius 2 is 1.77 bits per heavy atom. The van der Waals surface area contributed by atoms with Crippen LogP contribution >= 0.6 is 0 Å². The van der Waals surface area contributed by atoms with Crippen LogP contribution in [0.3, 0.4) is 0 Å². The van der Waals surface area contributed by atoms with Crippen LogP contribution in [0.15, 0.2) is 48.5 Å². The fraction of sp³-hybridized carbons (Fsp3) is 0.348. The van der Waals surface area contributed by atoms with Crippen LogP contribution in [0, 0.1) is 5.92 Å². The number of methoxy groups -OCH3 is 2. The van der Waals surface area contributed by atoms with Gasteiger partial charge in [-0.25, -0.2) is 0 Å². The Bertz CT molecular complexity index is 932. The number of carbonyl (C=O) groups excluding carboxylic acids is 3. The third-order valence-corrected chi connectivity index (χ3v) is 5.18. The fourth-order valence-corrected chi connectivity index (χ4v) is 3.49. The first-order chi connectivity index (χ1) is 15.0. The first kappa shape index (κ1) is 22.1. The maximum absolute atomic E-state index is 12.5. The van der Waals surface area contributed by atoms with Crippen molar-refractivity contribution < 1.29 is 23.9 Å². The molecule has 0 aliphatic carbocycles. The van der Waals surface area contributed by atoms with Crippen molar-refractivity contribution in [1.82, 2.24) is 10.6 Å². The van der Waals surface area contributed by atoms with Crippen molar-refractivity contribution >= 4 is 23.4 Å². The molecule has 1 aliphatic rings.